The Morgan fingerprint density at radius 3 is 2.71 bits per heavy atom. The topological polar surface area (TPSA) is 46.2 Å². The summed E-state index contributed by atoms with van der Waals surface area (Å²) in [5.41, 5.74) is 3.54. The van der Waals surface area contributed by atoms with Gasteiger partial charge in [-0.1, -0.05) is 49.1 Å². The summed E-state index contributed by atoms with van der Waals surface area (Å²) in [7, 11) is 1.63. The van der Waals surface area contributed by atoms with Gasteiger partial charge in [0, 0.05) is 24.3 Å². The summed E-state index contributed by atoms with van der Waals surface area (Å²) in [6, 6.07) is 14.9. The maximum Gasteiger partial charge on any atom is 0.141 e. The second-order valence-electron chi connectivity index (χ2n) is 7.93. The summed E-state index contributed by atoms with van der Waals surface area (Å²) in [6.07, 6.45) is 7.89. The Hall–Kier alpha value is -2.79. The number of methoxy groups -OCH3 is 1. The fourth-order valence-corrected chi connectivity index (χ4v) is 4.27. The van der Waals surface area contributed by atoms with E-state index in [4.69, 9.17) is 16.3 Å². The van der Waals surface area contributed by atoms with E-state index in [1.807, 2.05) is 30.3 Å². The molecule has 31 heavy (non-hydrogen) atoms. The summed E-state index contributed by atoms with van der Waals surface area (Å²) < 4.78 is 19.0. The van der Waals surface area contributed by atoms with Crippen LogP contribution in [-0.2, 0) is 6.54 Å². The summed E-state index contributed by atoms with van der Waals surface area (Å²) in [5, 5.41) is 7.51. The number of benzene rings is 2. The van der Waals surface area contributed by atoms with E-state index in [9.17, 15) is 4.39 Å². The zero-order chi connectivity index (χ0) is 21.6. The average molecular weight is 440 g/mol. The molecule has 1 heterocycles. The SMILES string of the molecule is COc1ccc(-c2cc(NC3CCCCC3)ncc2Cl)cc1NCc1cccc(F)c1. The molecule has 162 valence electrons. The summed E-state index contributed by atoms with van der Waals surface area (Å²) in [5.74, 6) is 1.31. The van der Waals surface area contributed by atoms with Crippen molar-refractivity contribution in [2.45, 2.75) is 44.7 Å². The summed E-state index contributed by atoms with van der Waals surface area (Å²) in [6.45, 7) is 0.482. The number of nitrogens with zero attached hydrogens (tertiary/aromatic N) is 1. The molecule has 1 fully saturated rings. The lowest BCUT2D eigenvalue weighted by Crippen LogP contribution is -2.22. The summed E-state index contributed by atoms with van der Waals surface area (Å²) >= 11 is 6.51. The number of rotatable bonds is 7. The number of hydrogen-bond acceptors (Lipinski definition) is 4. The van der Waals surface area contributed by atoms with E-state index in [1.165, 1.54) is 44.2 Å². The fourth-order valence-electron chi connectivity index (χ4n) is 4.05. The van der Waals surface area contributed by atoms with E-state index in [0.29, 0.717) is 23.4 Å². The van der Waals surface area contributed by atoms with Gasteiger partial charge in [-0.3, -0.25) is 0 Å². The molecule has 2 aromatic carbocycles. The van der Waals surface area contributed by atoms with Crippen molar-refractivity contribution in [2.75, 3.05) is 17.7 Å². The lowest BCUT2D eigenvalue weighted by molar-refractivity contribution is 0.416. The van der Waals surface area contributed by atoms with Gasteiger partial charge in [0.1, 0.15) is 17.4 Å². The van der Waals surface area contributed by atoms with Gasteiger partial charge in [-0.05, 0) is 54.3 Å². The van der Waals surface area contributed by atoms with Crippen molar-refractivity contribution in [3.05, 3.63) is 71.1 Å². The number of anilines is 2. The van der Waals surface area contributed by atoms with Crippen molar-refractivity contribution in [2.24, 2.45) is 0 Å². The molecule has 1 aliphatic rings. The van der Waals surface area contributed by atoms with Gasteiger partial charge in [0.2, 0.25) is 0 Å². The van der Waals surface area contributed by atoms with Crippen LogP contribution in [0.15, 0.2) is 54.7 Å². The number of pyridine rings is 1. The quantitative estimate of drug-likeness (QED) is 0.420. The minimum absolute atomic E-state index is 0.249. The Morgan fingerprint density at radius 1 is 1.10 bits per heavy atom. The van der Waals surface area contributed by atoms with Gasteiger partial charge < -0.3 is 15.4 Å². The first-order chi connectivity index (χ1) is 15.1. The zero-order valence-electron chi connectivity index (χ0n) is 17.6. The molecule has 0 unspecified atom stereocenters. The van der Waals surface area contributed by atoms with Crippen molar-refractivity contribution < 1.29 is 9.13 Å². The fraction of sp³-hybridized carbons (Fsp3) is 0.320. The van der Waals surface area contributed by atoms with Gasteiger partial charge in [0.15, 0.2) is 0 Å². The van der Waals surface area contributed by atoms with E-state index >= 15 is 0 Å². The molecule has 3 aromatic rings. The maximum atomic E-state index is 13.5. The molecule has 0 spiro atoms. The number of ether oxygens (including phenoxy) is 1. The first-order valence-electron chi connectivity index (χ1n) is 10.7. The van der Waals surface area contributed by atoms with Crippen LogP contribution >= 0.6 is 11.6 Å². The molecule has 0 amide bonds. The molecule has 0 saturated heterocycles. The molecule has 0 radical (unpaired) electrons. The second-order valence-corrected chi connectivity index (χ2v) is 8.33. The molecule has 0 bridgehead atoms. The lowest BCUT2D eigenvalue weighted by Gasteiger charge is -2.23. The van der Waals surface area contributed by atoms with E-state index in [0.717, 1.165) is 28.2 Å². The van der Waals surface area contributed by atoms with E-state index < -0.39 is 0 Å². The Bertz CT molecular complexity index is 1040. The number of halogens is 2. The van der Waals surface area contributed by atoms with Gasteiger partial charge in [-0.2, -0.15) is 0 Å². The Kier molecular flexibility index (Phi) is 6.92. The van der Waals surface area contributed by atoms with Gasteiger partial charge in [-0.25, -0.2) is 9.37 Å². The first-order valence-corrected chi connectivity index (χ1v) is 11.1. The van der Waals surface area contributed by atoms with Crippen LogP contribution in [0, 0.1) is 5.82 Å². The third-order valence-electron chi connectivity index (χ3n) is 5.69. The van der Waals surface area contributed by atoms with Crippen molar-refractivity contribution in [3.8, 4) is 16.9 Å². The van der Waals surface area contributed by atoms with Crippen molar-refractivity contribution in [1.82, 2.24) is 4.98 Å². The average Bonchev–Trinajstić information content (AvgIpc) is 2.79. The van der Waals surface area contributed by atoms with Crippen molar-refractivity contribution in [1.29, 1.82) is 0 Å². The van der Waals surface area contributed by atoms with Crippen molar-refractivity contribution in [3.63, 3.8) is 0 Å². The van der Waals surface area contributed by atoms with Crippen LogP contribution in [0.5, 0.6) is 5.75 Å². The van der Waals surface area contributed by atoms with Crippen LogP contribution in [-0.4, -0.2) is 18.1 Å². The molecule has 1 saturated carbocycles. The van der Waals surface area contributed by atoms with E-state index in [2.05, 4.69) is 15.6 Å². The number of aromatic nitrogens is 1. The third kappa shape index (κ3) is 5.47. The Balaban J connectivity index is 1.57. The molecule has 4 rings (SSSR count). The van der Waals surface area contributed by atoms with Crippen LogP contribution in [0.4, 0.5) is 15.9 Å². The van der Waals surface area contributed by atoms with Gasteiger partial charge in [0.05, 0.1) is 17.8 Å². The molecule has 2 N–H and O–H groups in total. The molecule has 6 heteroatoms. The predicted octanol–water partition coefficient (Wildman–Crippen LogP) is 6.91. The van der Waals surface area contributed by atoms with Crippen LogP contribution in [0.25, 0.3) is 11.1 Å². The molecule has 1 aliphatic carbocycles. The third-order valence-corrected chi connectivity index (χ3v) is 6.00. The second kappa shape index (κ2) is 10.0. The Labute approximate surface area is 187 Å². The zero-order valence-corrected chi connectivity index (χ0v) is 18.4. The molecule has 4 nitrogen and oxygen atoms in total. The molecular formula is C25H27ClFN3O. The van der Waals surface area contributed by atoms with Crippen LogP contribution < -0.4 is 15.4 Å². The van der Waals surface area contributed by atoms with E-state index in [-0.39, 0.29) is 5.82 Å². The number of hydrogen-bond donors (Lipinski definition) is 2. The lowest BCUT2D eigenvalue weighted by atomic mass is 9.95. The molecule has 0 atom stereocenters. The normalized spacial score (nSPS) is 14.3. The Morgan fingerprint density at radius 2 is 1.94 bits per heavy atom. The highest BCUT2D eigenvalue weighted by Gasteiger charge is 2.15. The van der Waals surface area contributed by atoms with Crippen LogP contribution in [0.3, 0.4) is 0 Å². The highest BCUT2D eigenvalue weighted by molar-refractivity contribution is 6.33. The molecule has 1 aromatic heterocycles. The van der Waals surface area contributed by atoms with Crippen molar-refractivity contribution >= 4 is 23.1 Å². The monoisotopic (exact) mass is 439 g/mol. The largest absolute Gasteiger partial charge is 0.495 e. The summed E-state index contributed by atoms with van der Waals surface area (Å²) in [4.78, 5) is 4.48. The predicted molar refractivity (Wildman–Crippen MR) is 125 cm³/mol. The van der Waals surface area contributed by atoms with Crippen LogP contribution in [0.1, 0.15) is 37.7 Å². The molecule has 0 aliphatic heterocycles. The number of nitrogens with one attached hydrogen (secondary N) is 2. The van der Waals surface area contributed by atoms with Gasteiger partial charge in [-0.15, -0.1) is 0 Å². The minimum atomic E-state index is -0.249. The highest BCUT2D eigenvalue weighted by Crippen LogP contribution is 2.35. The standard InChI is InChI=1S/C25H27ClFN3O/c1-31-24-11-10-18(13-23(24)28-15-17-6-5-7-19(27)12-17)21-14-25(29-16-22(21)26)30-20-8-3-2-4-9-20/h5-7,10-14,16,20,28H,2-4,8-9,15H2,1H3,(H,29,30). The highest BCUT2D eigenvalue weighted by atomic mass is 35.5. The first kappa shape index (κ1) is 21.4. The van der Waals surface area contributed by atoms with Gasteiger partial charge in [0.25, 0.3) is 0 Å². The molecular weight excluding hydrogens is 413 g/mol. The maximum absolute atomic E-state index is 13.5. The minimum Gasteiger partial charge on any atom is -0.495 e. The van der Waals surface area contributed by atoms with E-state index in [1.54, 1.807) is 19.4 Å². The van der Waals surface area contributed by atoms with Crippen LogP contribution in [0.2, 0.25) is 5.02 Å². The smallest absolute Gasteiger partial charge is 0.141 e. The van der Waals surface area contributed by atoms with Gasteiger partial charge >= 0.3 is 0 Å².